The zero-order chi connectivity index (χ0) is 14.4. The highest BCUT2D eigenvalue weighted by Gasteiger charge is 2.13. The minimum Gasteiger partial charge on any atom is -0.480 e. The molecule has 2 aromatic heterocycles. The molecule has 20 heavy (non-hydrogen) atoms. The second-order valence-corrected chi connectivity index (χ2v) is 4.15. The van der Waals surface area contributed by atoms with E-state index in [4.69, 9.17) is 5.11 Å². The summed E-state index contributed by atoms with van der Waals surface area (Å²) in [7, 11) is 0. The fraction of sp³-hybridized carbons (Fsp3) is 0.308. The van der Waals surface area contributed by atoms with Crippen molar-refractivity contribution in [3.05, 3.63) is 30.9 Å². The number of carbonyl (C=O) groups is 1. The number of nitrogens with zero attached hydrogens (tertiary/aromatic N) is 5. The van der Waals surface area contributed by atoms with Crippen molar-refractivity contribution in [3.63, 3.8) is 0 Å². The first kappa shape index (κ1) is 13.9. The Morgan fingerprint density at radius 1 is 1.25 bits per heavy atom. The van der Waals surface area contributed by atoms with Crippen LogP contribution in [0.5, 0.6) is 0 Å². The maximum atomic E-state index is 10.9. The molecule has 0 aliphatic rings. The molecule has 0 aliphatic carbocycles. The molecule has 1 N–H and O–H groups in total. The Kier molecular flexibility index (Phi) is 4.54. The molecule has 2 rings (SSSR count). The monoisotopic (exact) mass is 273 g/mol. The van der Waals surface area contributed by atoms with Gasteiger partial charge in [-0.1, -0.05) is 6.92 Å². The number of aromatic nitrogens is 4. The van der Waals surface area contributed by atoms with Crippen molar-refractivity contribution in [2.24, 2.45) is 0 Å². The lowest BCUT2D eigenvalue weighted by Crippen LogP contribution is -2.31. The quantitative estimate of drug-likeness (QED) is 0.846. The average molecular weight is 273 g/mol. The van der Waals surface area contributed by atoms with E-state index < -0.39 is 5.97 Å². The van der Waals surface area contributed by atoms with Crippen molar-refractivity contribution in [2.75, 3.05) is 18.0 Å². The van der Waals surface area contributed by atoms with Gasteiger partial charge in [0.15, 0.2) is 0 Å². The third-order valence-corrected chi connectivity index (χ3v) is 2.57. The molecule has 0 fully saturated rings. The third-order valence-electron chi connectivity index (χ3n) is 2.57. The minimum atomic E-state index is -0.910. The first-order valence-electron chi connectivity index (χ1n) is 6.27. The summed E-state index contributed by atoms with van der Waals surface area (Å²) in [6.45, 7) is 2.43. The maximum absolute atomic E-state index is 10.9. The highest BCUT2D eigenvalue weighted by Crippen LogP contribution is 2.15. The molecule has 7 nitrogen and oxygen atoms in total. The van der Waals surface area contributed by atoms with Crippen LogP contribution in [0.2, 0.25) is 0 Å². The van der Waals surface area contributed by atoms with Crippen LogP contribution in [0.25, 0.3) is 11.4 Å². The molecule has 0 bridgehead atoms. The average Bonchev–Trinajstić information content (AvgIpc) is 2.47. The highest BCUT2D eigenvalue weighted by atomic mass is 16.4. The molecule has 2 heterocycles. The number of rotatable bonds is 6. The molecule has 0 atom stereocenters. The van der Waals surface area contributed by atoms with E-state index in [2.05, 4.69) is 19.9 Å². The summed E-state index contributed by atoms with van der Waals surface area (Å²) in [5, 5.41) is 8.94. The van der Waals surface area contributed by atoms with Crippen molar-refractivity contribution in [1.29, 1.82) is 0 Å². The first-order valence-corrected chi connectivity index (χ1v) is 6.27. The number of carboxylic acids is 1. The van der Waals surface area contributed by atoms with E-state index in [1.807, 2.05) is 6.92 Å². The van der Waals surface area contributed by atoms with Gasteiger partial charge in [0.05, 0.1) is 11.9 Å². The predicted molar refractivity (Wildman–Crippen MR) is 73.2 cm³/mol. The molecule has 0 aliphatic heterocycles. The number of anilines is 1. The van der Waals surface area contributed by atoms with Gasteiger partial charge in [-0.2, -0.15) is 0 Å². The first-order chi connectivity index (χ1) is 9.70. The number of aliphatic carboxylic acids is 1. The predicted octanol–water partition coefficient (Wildman–Crippen LogP) is 1.23. The van der Waals surface area contributed by atoms with Crippen LogP contribution in [-0.2, 0) is 4.79 Å². The van der Waals surface area contributed by atoms with Crippen LogP contribution in [0.3, 0.4) is 0 Å². The van der Waals surface area contributed by atoms with Gasteiger partial charge in [-0.25, -0.2) is 9.97 Å². The summed E-state index contributed by atoms with van der Waals surface area (Å²) in [6.07, 6.45) is 7.17. The van der Waals surface area contributed by atoms with Crippen molar-refractivity contribution >= 4 is 11.9 Å². The van der Waals surface area contributed by atoms with E-state index >= 15 is 0 Å². The van der Waals surface area contributed by atoms with Gasteiger partial charge in [0.1, 0.15) is 12.2 Å². The summed E-state index contributed by atoms with van der Waals surface area (Å²) in [4.78, 5) is 29.2. The van der Waals surface area contributed by atoms with Gasteiger partial charge in [0, 0.05) is 25.1 Å². The molecule has 104 valence electrons. The normalized spacial score (nSPS) is 10.2. The van der Waals surface area contributed by atoms with Crippen LogP contribution in [0.4, 0.5) is 5.95 Å². The number of hydrogen-bond donors (Lipinski definition) is 1. The van der Waals surface area contributed by atoms with E-state index in [9.17, 15) is 4.79 Å². The minimum absolute atomic E-state index is 0.127. The third kappa shape index (κ3) is 3.47. The zero-order valence-corrected chi connectivity index (χ0v) is 11.1. The summed E-state index contributed by atoms with van der Waals surface area (Å²) >= 11 is 0. The van der Waals surface area contributed by atoms with Crippen molar-refractivity contribution in [3.8, 4) is 11.4 Å². The molecule has 0 spiro atoms. The van der Waals surface area contributed by atoms with Gasteiger partial charge in [-0.15, -0.1) is 0 Å². The molecule has 0 saturated heterocycles. The van der Waals surface area contributed by atoms with Gasteiger partial charge in [-0.3, -0.25) is 14.8 Å². The van der Waals surface area contributed by atoms with E-state index in [-0.39, 0.29) is 6.54 Å². The summed E-state index contributed by atoms with van der Waals surface area (Å²) in [5.41, 5.74) is 1.25. The molecule has 0 amide bonds. The molecular weight excluding hydrogens is 258 g/mol. The number of hydrogen-bond acceptors (Lipinski definition) is 6. The highest BCUT2D eigenvalue weighted by molar-refractivity contribution is 5.72. The smallest absolute Gasteiger partial charge is 0.323 e. The summed E-state index contributed by atoms with van der Waals surface area (Å²) in [5.74, 6) is -0.524. The van der Waals surface area contributed by atoms with E-state index in [1.165, 1.54) is 0 Å². The van der Waals surface area contributed by atoms with Crippen LogP contribution in [0, 0.1) is 0 Å². The Morgan fingerprint density at radius 3 is 2.75 bits per heavy atom. The molecular formula is C13H15N5O2. The molecule has 0 aromatic carbocycles. The van der Waals surface area contributed by atoms with E-state index in [0.717, 1.165) is 6.42 Å². The lowest BCUT2D eigenvalue weighted by Gasteiger charge is -2.19. The zero-order valence-electron chi connectivity index (χ0n) is 11.1. The van der Waals surface area contributed by atoms with Crippen molar-refractivity contribution in [1.82, 2.24) is 19.9 Å². The fourth-order valence-electron chi connectivity index (χ4n) is 1.76. The summed E-state index contributed by atoms with van der Waals surface area (Å²) < 4.78 is 0. The molecule has 2 aromatic rings. The second kappa shape index (κ2) is 6.55. The van der Waals surface area contributed by atoms with Gasteiger partial charge < -0.3 is 10.0 Å². The van der Waals surface area contributed by atoms with Gasteiger partial charge >= 0.3 is 5.97 Å². The van der Waals surface area contributed by atoms with Gasteiger partial charge in [-0.05, 0) is 12.5 Å². The topological polar surface area (TPSA) is 92.1 Å². The Bertz CT molecular complexity index is 576. The van der Waals surface area contributed by atoms with E-state index in [0.29, 0.717) is 23.9 Å². The standard InChI is InChI=1S/C13H15N5O2/c1-2-7-18(9-12(19)20)13-16-4-3-10(17-13)11-8-14-5-6-15-11/h3-6,8H,2,7,9H2,1H3,(H,19,20). The van der Waals surface area contributed by atoms with Crippen LogP contribution < -0.4 is 4.90 Å². The molecule has 0 radical (unpaired) electrons. The van der Waals surface area contributed by atoms with Crippen molar-refractivity contribution in [2.45, 2.75) is 13.3 Å². The second-order valence-electron chi connectivity index (χ2n) is 4.15. The lowest BCUT2D eigenvalue weighted by molar-refractivity contribution is -0.135. The van der Waals surface area contributed by atoms with Crippen LogP contribution >= 0.6 is 0 Å². The Morgan fingerprint density at radius 2 is 2.10 bits per heavy atom. The lowest BCUT2D eigenvalue weighted by atomic mass is 10.3. The van der Waals surface area contributed by atoms with Crippen LogP contribution in [-0.4, -0.2) is 44.1 Å². The van der Waals surface area contributed by atoms with Gasteiger partial charge in [0.25, 0.3) is 0 Å². The van der Waals surface area contributed by atoms with Gasteiger partial charge in [0.2, 0.25) is 5.95 Å². The Hall–Kier alpha value is -2.57. The Labute approximate surface area is 116 Å². The molecule has 0 saturated carbocycles. The van der Waals surface area contributed by atoms with Crippen LogP contribution in [0.1, 0.15) is 13.3 Å². The van der Waals surface area contributed by atoms with E-state index in [1.54, 1.807) is 35.8 Å². The molecule has 0 unspecified atom stereocenters. The largest absolute Gasteiger partial charge is 0.480 e. The molecule has 7 heteroatoms. The maximum Gasteiger partial charge on any atom is 0.323 e. The summed E-state index contributed by atoms with van der Waals surface area (Å²) in [6, 6.07) is 1.72. The van der Waals surface area contributed by atoms with Crippen molar-refractivity contribution < 1.29 is 9.90 Å². The Balaban J connectivity index is 2.30. The SMILES string of the molecule is CCCN(CC(=O)O)c1nccc(-c2cnccn2)n1. The number of carboxylic acid groups (broad SMARTS) is 1. The fourth-order valence-corrected chi connectivity index (χ4v) is 1.76. The van der Waals surface area contributed by atoms with Crippen LogP contribution in [0.15, 0.2) is 30.9 Å².